The summed E-state index contributed by atoms with van der Waals surface area (Å²) in [5.41, 5.74) is 2.09. The van der Waals surface area contributed by atoms with Crippen molar-refractivity contribution in [2.24, 2.45) is 17.8 Å². The van der Waals surface area contributed by atoms with Gasteiger partial charge in [-0.25, -0.2) is 4.98 Å². The molecule has 1 amide bonds. The second-order valence-corrected chi connectivity index (χ2v) is 7.76. The molecule has 126 valence electrons. The summed E-state index contributed by atoms with van der Waals surface area (Å²) in [7, 11) is 0. The van der Waals surface area contributed by atoms with Crippen molar-refractivity contribution in [3.8, 4) is 0 Å². The first-order valence-electron chi connectivity index (χ1n) is 9.30. The molecule has 0 radical (unpaired) electrons. The SMILES string of the molecule is CCc1noc2ncc(C(=O)N3C[C@H](C4CC4)C[C@@H]3C3CC3)cc12. The molecule has 0 spiro atoms. The normalized spacial score (nSPS) is 27.1. The molecule has 24 heavy (non-hydrogen) atoms. The van der Waals surface area contributed by atoms with Gasteiger partial charge in [0.15, 0.2) is 0 Å². The molecular weight excluding hydrogens is 302 g/mol. The molecule has 0 aromatic carbocycles. The molecule has 3 fully saturated rings. The number of rotatable bonds is 4. The molecule has 2 saturated carbocycles. The van der Waals surface area contributed by atoms with E-state index in [9.17, 15) is 4.79 Å². The first-order chi connectivity index (χ1) is 11.7. The van der Waals surface area contributed by atoms with E-state index in [0.29, 0.717) is 17.3 Å². The number of hydrogen-bond acceptors (Lipinski definition) is 4. The van der Waals surface area contributed by atoms with Crippen LogP contribution >= 0.6 is 0 Å². The second kappa shape index (κ2) is 5.30. The van der Waals surface area contributed by atoms with Crippen LogP contribution in [0.4, 0.5) is 0 Å². The molecule has 2 aliphatic carbocycles. The smallest absolute Gasteiger partial charge is 0.257 e. The van der Waals surface area contributed by atoms with Crippen LogP contribution in [0.1, 0.15) is 55.1 Å². The highest BCUT2D eigenvalue weighted by atomic mass is 16.5. The molecule has 2 aromatic rings. The van der Waals surface area contributed by atoms with Gasteiger partial charge in [-0.2, -0.15) is 0 Å². The van der Waals surface area contributed by atoms with E-state index in [1.165, 1.54) is 32.1 Å². The van der Waals surface area contributed by atoms with E-state index >= 15 is 0 Å². The van der Waals surface area contributed by atoms with Gasteiger partial charge in [-0.3, -0.25) is 4.79 Å². The topological polar surface area (TPSA) is 59.2 Å². The van der Waals surface area contributed by atoms with Crippen LogP contribution in [0.15, 0.2) is 16.8 Å². The van der Waals surface area contributed by atoms with E-state index in [-0.39, 0.29) is 5.91 Å². The molecule has 0 N–H and O–H groups in total. The third-order valence-electron chi connectivity index (χ3n) is 6.08. The Morgan fingerprint density at radius 2 is 2.04 bits per heavy atom. The lowest BCUT2D eigenvalue weighted by Gasteiger charge is -2.24. The molecule has 1 aliphatic heterocycles. The molecule has 0 bridgehead atoms. The number of likely N-dealkylation sites (tertiary alicyclic amines) is 1. The van der Waals surface area contributed by atoms with E-state index in [4.69, 9.17) is 4.52 Å². The Morgan fingerprint density at radius 1 is 1.25 bits per heavy atom. The summed E-state index contributed by atoms with van der Waals surface area (Å²) >= 11 is 0. The van der Waals surface area contributed by atoms with Crippen molar-refractivity contribution < 1.29 is 9.32 Å². The van der Waals surface area contributed by atoms with Crippen LogP contribution in [0.5, 0.6) is 0 Å². The number of pyridine rings is 1. The van der Waals surface area contributed by atoms with Crippen LogP contribution < -0.4 is 0 Å². The standard InChI is InChI=1S/C19H23N3O2/c1-2-16-15-7-13(9-20-18(15)24-21-16)19(23)22-10-14(11-3-4-11)8-17(22)12-5-6-12/h7,9,11-12,14,17H,2-6,8,10H2,1H3/t14-,17-/m1/s1. The summed E-state index contributed by atoms with van der Waals surface area (Å²) in [6.45, 7) is 2.97. The average Bonchev–Trinajstić information content (AvgIpc) is 3.54. The van der Waals surface area contributed by atoms with Gasteiger partial charge in [0.1, 0.15) is 0 Å². The van der Waals surface area contributed by atoms with Gasteiger partial charge in [-0.15, -0.1) is 0 Å². The third kappa shape index (κ3) is 2.33. The van der Waals surface area contributed by atoms with Crippen molar-refractivity contribution in [3.05, 3.63) is 23.5 Å². The molecule has 1 saturated heterocycles. The lowest BCUT2D eigenvalue weighted by Crippen LogP contribution is -2.37. The third-order valence-corrected chi connectivity index (χ3v) is 6.08. The maximum absolute atomic E-state index is 13.2. The fourth-order valence-corrected chi connectivity index (χ4v) is 4.39. The predicted octanol–water partition coefficient (Wildman–Crippen LogP) is 3.44. The molecular formula is C19H23N3O2. The minimum atomic E-state index is 0.146. The quantitative estimate of drug-likeness (QED) is 0.864. The Kier molecular flexibility index (Phi) is 3.19. The Morgan fingerprint density at radius 3 is 2.75 bits per heavy atom. The van der Waals surface area contributed by atoms with Crippen LogP contribution in [0.3, 0.4) is 0 Å². The number of aromatic nitrogens is 2. The number of carbonyl (C=O) groups is 1. The van der Waals surface area contributed by atoms with Crippen molar-refractivity contribution in [3.63, 3.8) is 0 Å². The minimum Gasteiger partial charge on any atom is -0.336 e. The molecule has 3 aliphatic rings. The average molecular weight is 325 g/mol. The minimum absolute atomic E-state index is 0.146. The summed E-state index contributed by atoms with van der Waals surface area (Å²) in [6, 6.07) is 2.38. The Balaban J connectivity index is 1.45. The molecule has 5 rings (SSSR count). The molecule has 0 unspecified atom stereocenters. The van der Waals surface area contributed by atoms with Gasteiger partial charge in [-0.05, 0) is 62.3 Å². The van der Waals surface area contributed by atoms with Crippen molar-refractivity contribution in [1.82, 2.24) is 15.0 Å². The van der Waals surface area contributed by atoms with E-state index < -0.39 is 0 Å². The summed E-state index contributed by atoms with van der Waals surface area (Å²) in [5.74, 6) is 2.47. The fourth-order valence-electron chi connectivity index (χ4n) is 4.39. The highest BCUT2D eigenvalue weighted by molar-refractivity contribution is 5.97. The van der Waals surface area contributed by atoms with E-state index in [1.807, 2.05) is 13.0 Å². The van der Waals surface area contributed by atoms with Gasteiger partial charge < -0.3 is 9.42 Å². The van der Waals surface area contributed by atoms with Gasteiger partial charge in [0.05, 0.1) is 16.6 Å². The van der Waals surface area contributed by atoms with Gasteiger partial charge >= 0.3 is 0 Å². The van der Waals surface area contributed by atoms with Gasteiger partial charge in [0, 0.05) is 18.8 Å². The van der Waals surface area contributed by atoms with Crippen molar-refractivity contribution in [2.45, 2.75) is 51.5 Å². The van der Waals surface area contributed by atoms with Gasteiger partial charge in [0.2, 0.25) is 0 Å². The lowest BCUT2D eigenvalue weighted by atomic mass is 9.98. The monoisotopic (exact) mass is 325 g/mol. The van der Waals surface area contributed by atoms with Crippen LogP contribution in [0.2, 0.25) is 0 Å². The maximum atomic E-state index is 13.2. The lowest BCUT2D eigenvalue weighted by molar-refractivity contribution is 0.0716. The molecule has 5 nitrogen and oxygen atoms in total. The van der Waals surface area contributed by atoms with Crippen LogP contribution in [-0.4, -0.2) is 33.5 Å². The molecule has 2 aromatic heterocycles. The van der Waals surface area contributed by atoms with Gasteiger partial charge in [0.25, 0.3) is 11.6 Å². The van der Waals surface area contributed by atoms with Crippen LogP contribution in [-0.2, 0) is 6.42 Å². The summed E-state index contributed by atoms with van der Waals surface area (Å²) < 4.78 is 5.24. The highest BCUT2D eigenvalue weighted by Crippen LogP contribution is 2.48. The number of fused-ring (bicyclic) bond motifs is 1. The zero-order chi connectivity index (χ0) is 16.3. The molecule has 3 heterocycles. The zero-order valence-corrected chi connectivity index (χ0v) is 14.1. The predicted molar refractivity (Wildman–Crippen MR) is 89.6 cm³/mol. The highest BCUT2D eigenvalue weighted by Gasteiger charge is 2.47. The van der Waals surface area contributed by atoms with Crippen LogP contribution in [0.25, 0.3) is 11.1 Å². The number of hydrogen-bond donors (Lipinski definition) is 0. The number of amides is 1. The van der Waals surface area contributed by atoms with Gasteiger partial charge in [-0.1, -0.05) is 12.1 Å². The van der Waals surface area contributed by atoms with Crippen LogP contribution in [0, 0.1) is 17.8 Å². The summed E-state index contributed by atoms with van der Waals surface area (Å²) in [5, 5.41) is 4.92. The van der Waals surface area contributed by atoms with Crippen molar-refractivity contribution in [1.29, 1.82) is 0 Å². The van der Waals surface area contributed by atoms with E-state index in [1.54, 1.807) is 6.20 Å². The number of aryl methyl sites for hydroxylation is 1. The Labute approximate surface area is 141 Å². The fraction of sp³-hybridized carbons (Fsp3) is 0.632. The van der Waals surface area contributed by atoms with E-state index in [0.717, 1.165) is 41.8 Å². The second-order valence-electron chi connectivity index (χ2n) is 7.76. The first kappa shape index (κ1) is 14.4. The summed E-state index contributed by atoms with van der Waals surface area (Å²) in [6.07, 6.45) is 8.94. The maximum Gasteiger partial charge on any atom is 0.257 e. The number of carbonyl (C=O) groups excluding carboxylic acids is 1. The first-order valence-corrected chi connectivity index (χ1v) is 9.30. The number of nitrogens with zero attached hydrogens (tertiary/aromatic N) is 3. The Bertz CT molecular complexity index is 791. The molecule has 5 heteroatoms. The molecule has 2 atom stereocenters. The van der Waals surface area contributed by atoms with Crippen molar-refractivity contribution in [2.75, 3.05) is 6.54 Å². The zero-order valence-electron chi connectivity index (χ0n) is 14.1. The largest absolute Gasteiger partial charge is 0.336 e. The van der Waals surface area contributed by atoms with E-state index in [2.05, 4.69) is 15.0 Å². The Hall–Kier alpha value is -1.91. The summed E-state index contributed by atoms with van der Waals surface area (Å²) in [4.78, 5) is 19.7. The van der Waals surface area contributed by atoms with Crippen molar-refractivity contribution >= 4 is 17.0 Å².